The highest BCUT2D eigenvalue weighted by Gasteiger charge is 2.26. The predicted molar refractivity (Wildman–Crippen MR) is 112 cm³/mol. The molecular weight excluding hydrogens is 374 g/mol. The molecule has 2 heterocycles. The molecule has 2 aliphatic rings. The van der Waals surface area contributed by atoms with Gasteiger partial charge in [-0.1, -0.05) is 23.7 Å². The summed E-state index contributed by atoms with van der Waals surface area (Å²) in [7, 11) is 1.71. The van der Waals surface area contributed by atoms with Crippen LogP contribution in [0.1, 0.15) is 36.9 Å². The van der Waals surface area contributed by atoms with Crippen molar-refractivity contribution in [3.8, 4) is 11.4 Å². The first-order valence-corrected chi connectivity index (χ1v) is 10.6. The van der Waals surface area contributed by atoms with Crippen molar-refractivity contribution in [3.63, 3.8) is 0 Å². The summed E-state index contributed by atoms with van der Waals surface area (Å²) in [6.07, 6.45) is 6.89. The molecule has 1 aliphatic carbocycles. The summed E-state index contributed by atoms with van der Waals surface area (Å²) in [5.41, 5.74) is 3.54. The molecule has 0 radical (unpaired) electrons. The zero-order valence-electron chi connectivity index (χ0n) is 16.5. The van der Waals surface area contributed by atoms with E-state index in [0.717, 1.165) is 61.0 Å². The number of hydrogen-bond acceptors (Lipinski definition) is 5. The van der Waals surface area contributed by atoms with Gasteiger partial charge in [-0.3, -0.25) is 0 Å². The minimum Gasteiger partial charge on any atom is -0.382 e. The van der Waals surface area contributed by atoms with Crippen LogP contribution in [-0.2, 0) is 22.3 Å². The summed E-state index contributed by atoms with van der Waals surface area (Å²) in [6.45, 7) is 3.26. The van der Waals surface area contributed by atoms with Gasteiger partial charge >= 0.3 is 0 Å². The van der Waals surface area contributed by atoms with Crippen LogP contribution in [0.5, 0.6) is 0 Å². The van der Waals surface area contributed by atoms with Crippen LogP contribution in [0.15, 0.2) is 24.3 Å². The van der Waals surface area contributed by atoms with E-state index in [9.17, 15) is 0 Å². The quantitative estimate of drug-likeness (QED) is 0.675. The molecular formula is C22H28ClN3O2. The van der Waals surface area contributed by atoms with Crippen molar-refractivity contribution in [2.45, 2.75) is 44.6 Å². The third-order valence-electron chi connectivity index (χ3n) is 5.63. The third-order valence-corrected chi connectivity index (χ3v) is 5.86. The average Bonchev–Trinajstić information content (AvgIpc) is 2.74. The Kier molecular flexibility index (Phi) is 6.45. The number of halogens is 1. The lowest BCUT2D eigenvalue weighted by Gasteiger charge is -2.35. The highest BCUT2D eigenvalue weighted by Crippen LogP contribution is 2.32. The SMILES string of the molecule is COCCOC1CCN(c2nc(-c3cccc(Cl)c3)nc3c2CCCC3)CC1. The van der Waals surface area contributed by atoms with E-state index < -0.39 is 0 Å². The molecule has 4 rings (SSSR count). The zero-order valence-corrected chi connectivity index (χ0v) is 17.2. The van der Waals surface area contributed by atoms with Crippen molar-refractivity contribution in [1.82, 2.24) is 9.97 Å². The van der Waals surface area contributed by atoms with Crippen LogP contribution >= 0.6 is 11.6 Å². The Morgan fingerprint density at radius 3 is 2.71 bits per heavy atom. The number of rotatable bonds is 6. The van der Waals surface area contributed by atoms with E-state index in [4.69, 9.17) is 31.0 Å². The first-order valence-electron chi connectivity index (χ1n) is 10.3. The van der Waals surface area contributed by atoms with Gasteiger partial charge in [0.25, 0.3) is 0 Å². The fourth-order valence-corrected chi connectivity index (χ4v) is 4.32. The molecule has 0 N–H and O–H groups in total. The molecule has 1 saturated heterocycles. The number of anilines is 1. The molecule has 0 spiro atoms. The summed E-state index contributed by atoms with van der Waals surface area (Å²) < 4.78 is 11.0. The van der Waals surface area contributed by atoms with E-state index in [1.54, 1.807) is 7.11 Å². The Balaban J connectivity index is 1.57. The summed E-state index contributed by atoms with van der Waals surface area (Å²) >= 11 is 6.21. The van der Waals surface area contributed by atoms with E-state index >= 15 is 0 Å². The number of nitrogens with zero attached hydrogens (tertiary/aromatic N) is 3. The van der Waals surface area contributed by atoms with Crippen molar-refractivity contribution in [3.05, 3.63) is 40.5 Å². The molecule has 2 aromatic rings. The van der Waals surface area contributed by atoms with Gasteiger partial charge in [-0.05, 0) is 50.7 Å². The minimum absolute atomic E-state index is 0.316. The Labute approximate surface area is 172 Å². The molecule has 6 heteroatoms. The molecule has 1 aliphatic heterocycles. The second kappa shape index (κ2) is 9.21. The number of fused-ring (bicyclic) bond motifs is 1. The number of benzene rings is 1. The van der Waals surface area contributed by atoms with Gasteiger partial charge < -0.3 is 14.4 Å². The number of methoxy groups -OCH3 is 1. The molecule has 1 aromatic carbocycles. The van der Waals surface area contributed by atoms with Gasteiger partial charge in [0.15, 0.2) is 5.82 Å². The minimum atomic E-state index is 0.316. The topological polar surface area (TPSA) is 47.5 Å². The fourth-order valence-electron chi connectivity index (χ4n) is 4.12. The molecule has 5 nitrogen and oxygen atoms in total. The van der Waals surface area contributed by atoms with Crippen LogP contribution in [0.2, 0.25) is 5.02 Å². The van der Waals surface area contributed by atoms with Crippen molar-refractivity contribution < 1.29 is 9.47 Å². The van der Waals surface area contributed by atoms with Gasteiger partial charge in [0, 0.05) is 42.0 Å². The number of ether oxygens (including phenoxy) is 2. The maximum Gasteiger partial charge on any atom is 0.161 e. The zero-order chi connectivity index (χ0) is 19.3. The molecule has 1 aromatic heterocycles. The van der Waals surface area contributed by atoms with Crippen molar-refractivity contribution in [1.29, 1.82) is 0 Å². The highest BCUT2D eigenvalue weighted by atomic mass is 35.5. The van der Waals surface area contributed by atoms with Crippen molar-refractivity contribution in [2.75, 3.05) is 38.3 Å². The van der Waals surface area contributed by atoms with Crippen LogP contribution in [0.25, 0.3) is 11.4 Å². The molecule has 28 heavy (non-hydrogen) atoms. The van der Waals surface area contributed by atoms with Crippen LogP contribution < -0.4 is 4.90 Å². The summed E-state index contributed by atoms with van der Waals surface area (Å²) in [5, 5.41) is 0.717. The molecule has 0 unspecified atom stereocenters. The van der Waals surface area contributed by atoms with E-state index in [2.05, 4.69) is 4.90 Å². The Bertz CT molecular complexity index is 806. The Hall–Kier alpha value is -1.69. The first kappa shape index (κ1) is 19.6. The lowest BCUT2D eigenvalue weighted by atomic mass is 9.95. The summed E-state index contributed by atoms with van der Waals surface area (Å²) in [4.78, 5) is 12.4. The lowest BCUT2D eigenvalue weighted by molar-refractivity contribution is 0.00603. The molecule has 0 amide bonds. The standard InChI is InChI=1S/C22H28ClN3O2/c1-27-13-14-28-18-9-11-26(12-10-18)22-19-7-2-3-8-20(19)24-21(25-22)16-5-4-6-17(23)15-16/h4-6,15,18H,2-3,7-14H2,1H3. The molecule has 0 atom stereocenters. The number of piperidine rings is 1. The van der Waals surface area contributed by atoms with Gasteiger partial charge in [-0.25, -0.2) is 9.97 Å². The molecule has 0 saturated carbocycles. The molecule has 1 fully saturated rings. The first-order chi connectivity index (χ1) is 13.7. The van der Waals surface area contributed by atoms with Crippen molar-refractivity contribution >= 4 is 17.4 Å². The number of hydrogen-bond donors (Lipinski definition) is 0. The van der Waals surface area contributed by atoms with Crippen LogP contribution in [0, 0.1) is 0 Å². The van der Waals surface area contributed by atoms with E-state index in [0.29, 0.717) is 19.3 Å². The van der Waals surface area contributed by atoms with E-state index in [1.165, 1.54) is 24.1 Å². The monoisotopic (exact) mass is 401 g/mol. The van der Waals surface area contributed by atoms with Gasteiger partial charge in [0.1, 0.15) is 5.82 Å². The number of aromatic nitrogens is 2. The Morgan fingerprint density at radius 2 is 1.93 bits per heavy atom. The van der Waals surface area contributed by atoms with Crippen LogP contribution in [-0.4, -0.2) is 49.5 Å². The Morgan fingerprint density at radius 1 is 1.11 bits per heavy atom. The summed E-state index contributed by atoms with van der Waals surface area (Å²) in [5.74, 6) is 1.91. The van der Waals surface area contributed by atoms with Gasteiger partial charge in [0.2, 0.25) is 0 Å². The molecule has 150 valence electrons. The van der Waals surface area contributed by atoms with Crippen LogP contribution in [0.3, 0.4) is 0 Å². The van der Waals surface area contributed by atoms with E-state index in [1.807, 2.05) is 24.3 Å². The van der Waals surface area contributed by atoms with Gasteiger partial charge in [-0.2, -0.15) is 0 Å². The second-order valence-electron chi connectivity index (χ2n) is 7.56. The molecule has 0 bridgehead atoms. The third kappa shape index (κ3) is 4.48. The second-order valence-corrected chi connectivity index (χ2v) is 8.00. The van der Waals surface area contributed by atoms with Crippen LogP contribution in [0.4, 0.5) is 5.82 Å². The highest BCUT2D eigenvalue weighted by molar-refractivity contribution is 6.30. The summed E-state index contributed by atoms with van der Waals surface area (Å²) in [6, 6.07) is 7.84. The largest absolute Gasteiger partial charge is 0.382 e. The average molecular weight is 402 g/mol. The predicted octanol–water partition coefficient (Wildman–Crippen LogP) is 4.31. The van der Waals surface area contributed by atoms with Crippen molar-refractivity contribution in [2.24, 2.45) is 0 Å². The van der Waals surface area contributed by atoms with Gasteiger partial charge in [0.05, 0.1) is 19.3 Å². The fraction of sp³-hybridized carbons (Fsp3) is 0.545. The maximum atomic E-state index is 6.21. The van der Waals surface area contributed by atoms with Gasteiger partial charge in [-0.15, -0.1) is 0 Å². The smallest absolute Gasteiger partial charge is 0.161 e. The number of aryl methyl sites for hydroxylation is 1. The lowest BCUT2D eigenvalue weighted by Crippen LogP contribution is -2.39. The maximum absolute atomic E-state index is 6.21. The van der Waals surface area contributed by atoms with E-state index in [-0.39, 0.29) is 0 Å². The normalized spacial score (nSPS) is 17.6.